The van der Waals surface area contributed by atoms with Crippen LogP contribution >= 0.6 is 0 Å². The summed E-state index contributed by atoms with van der Waals surface area (Å²) >= 11 is 2.51. The van der Waals surface area contributed by atoms with Crippen LogP contribution in [0.3, 0.4) is 0 Å². The van der Waals surface area contributed by atoms with Crippen LogP contribution in [0.1, 0.15) is 49.8 Å². The number of hydrogen-bond acceptors (Lipinski definition) is 4. The summed E-state index contributed by atoms with van der Waals surface area (Å²) in [5, 5.41) is 0. The molecule has 11 rings (SSSR count). The van der Waals surface area contributed by atoms with Crippen molar-refractivity contribution in [1.29, 1.82) is 0 Å². The van der Waals surface area contributed by atoms with Gasteiger partial charge in [-0.15, -0.1) is 0 Å². The normalized spacial score (nSPS) is 16.2. The second kappa shape index (κ2) is 17.6. The smallest absolute Gasteiger partial charge is 0.0622 e. The number of piperidine rings is 1. The van der Waals surface area contributed by atoms with Crippen LogP contribution in [0, 0.1) is 28.8 Å². The van der Waals surface area contributed by atoms with Crippen LogP contribution in [-0.4, -0.2) is 45.7 Å². The molecule has 0 N–H and O–H groups in total. The average molecular weight is 1060 g/mol. The predicted molar refractivity (Wildman–Crippen MR) is 269 cm³/mol. The number of hydrogen-bond donors (Lipinski definition) is 0. The third-order valence-electron chi connectivity index (χ3n) is 13.7. The Morgan fingerprint density at radius 2 is 1.24 bits per heavy atom. The Labute approximate surface area is 405 Å². The summed E-state index contributed by atoms with van der Waals surface area (Å²) in [5.74, 6) is 3.16. The molecule has 0 radical (unpaired) electrons. The van der Waals surface area contributed by atoms with E-state index in [-0.39, 0.29) is 5.41 Å². The topological polar surface area (TPSA) is 38.5 Å². The first-order chi connectivity index (χ1) is 32.6. The Hall–Kier alpha value is -6.59. The van der Waals surface area contributed by atoms with E-state index in [4.69, 9.17) is 9.72 Å². The fourth-order valence-electron chi connectivity index (χ4n) is 10.2. The van der Waals surface area contributed by atoms with E-state index in [1.165, 1.54) is 44.5 Å². The summed E-state index contributed by atoms with van der Waals surface area (Å²) in [7, 11) is 2.24. The monoisotopic (exact) mass is 1050 g/mol. The molecule has 7 heteroatoms. The molecule has 7 aromatic carbocycles. The molecule has 2 aliphatic rings. The Balaban J connectivity index is 1.01. The number of likely N-dealkylation sites (N-methyl/N-ethyl adjacent to an activating group) is 1. The molecule has 4 heterocycles. The fourth-order valence-corrected chi connectivity index (χ4v) is 11.3. The van der Waals surface area contributed by atoms with Crippen molar-refractivity contribution < 1.29 is 24.1 Å². The van der Waals surface area contributed by atoms with Crippen molar-refractivity contribution >= 4 is 22.5 Å². The zero-order chi connectivity index (χ0) is 45.8. The van der Waals surface area contributed by atoms with E-state index >= 15 is 0 Å². The molecule has 1 saturated heterocycles. The number of aromatic nitrogens is 3. The zero-order valence-electron chi connectivity index (χ0n) is 38.6. The third kappa shape index (κ3) is 8.11. The van der Waals surface area contributed by atoms with Crippen LogP contribution in [0.4, 0.5) is 11.5 Å². The molecule has 336 valence electrons. The van der Waals surface area contributed by atoms with E-state index in [1.807, 2.05) is 12.3 Å². The Kier molecular flexibility index (Phi) is 11.3. The molecule has 0 saturated carbocycles. The fraction of sp³-hybridized carbons (Fsp3) is 0.200. The number of anilines is 2. The van der Waals surface area contributed by atoms with Gasteiger partial charge in [0.25, 0.3) is 0 Å². The van der Waals surface area contributed by atoms with Crippen molar-refractivity contribution in [1.82, 2.24) is 19.0 Å². The number of benzene rings is 7. The number of aryl methyl sites for hydroxylation is 1. The molecule has 0 aliphatic carbocycles. The SMILES string of the molecule is Cc1cc(N2CC3CCN(C)CC3c3ccc(Oc4[c-]c(-n5[c](=[Pt])n(-c6c(-c7ccccc7)cc(C(C)(C)C)cc6-c6ccccc6)c6ccccc65)ccc4)[c-]c32)ncc1-c1ccccc1. The van der Waals surface area contributed by atoms with Crippen LogP contribution in [0.25, 0.3) is 55.8 Å². The molecular weight excluding hydrogens is 1000 g/mol. The molecule has 0 bridgehead atoms. The minimum Gasteiger partial charge on any atom is -0.0622 e. The molecular formula is C60H53N5OPt-2. The molecule has 0 spiro atoms. The number of fused-ring (bicyclic) bond motifs is 4. The molecule has 6 nitrogen and oxygen atoms in total. The van der Waals surface area contributed by atoms with Crippen molar-refractivity contribution in [3.63, 3.8) is 0 Å². The van der Waals surface area contributed by atoms with Gasteiger partial charge in [0.15, 0.2) is 0 Å². The molecule has 2 aliphatic heterocycles. The Bertz CT molecular complexity index is 3270. The predicted octanol–water partition coefficient (Wildman–Crippen LogP) is 14.1. The van der Waals surface area contributed by atoms with Crippen molar-refractivity contribution in [3.8, 4) is 56.3 Å². The molecule has 9 aromatic rings. The summed E-state index contributed by atoms with van der Waals surface area (Å²) in [6, 6.07) is 65.9. The van der Waals surface area contributed by atoms with Crippen LogP contribution in [0.2, 0.25) is 0 Å². The Morgan fingerprint density at radius 1 is 0.642 bits per heavy atom. The molecule has 2 unspecified atom stereocenters. The summed E-state index contributed by atoms with van der Waals surface area (Å²) in [6.07, 6.45) is 3.18. The van der Waals surface area contributed by atoms with Gasteiger partial charge in [-0.05, 0) is 38.1 Å². The van der Waals surface area contributed by atoms with Crippen LogP contribution in [-0.2, 0) is 24.8 Å². The third-order valence-corrected chi connectivity index (χ3v) is 14.7. The van der Waals surface area contributed by atoms with Gasteiger partial charge in [-0.1, -0.05) is 30.3 Å². The molecule has 2 aromatic heterocycles. The molecule has 1 fully saturated rings. The number of nitrogens with zero attached hydrogens (tertiary/aromatic N) is 5. The summed E-state index contributed by atoms with van der Waals surface area (Å²) in [5.41, 5.74) is 16.0. The first-order valence-corrected chi connectivity index (χ1v) is 24.5. The van der Waals surface area contributed by atoms with Gasteiger partial charge >= 0.3 is 322 Å². The molecule has 67 heavy (non-hydrogen) atoms. The molecule has 0 amide bonds. The standard InChI is InChI=1S/C60H53N5O.Pt/c1-41-32-58(61-37-53(41)44-22-13-8-14-23-44)63-38-45-30-31-62(5)39-54(45)50-29-28-49(36-57(50)63)66-48-25-17-24-47(35-48)64-40-65(56-27-16-15-26-55(56)64)59-51(42-18-9-6-10-19-42)33-46(60(2,3)4)34-52(59)43-20-11-7-12-21-43;/h6-29,32-34,37,45,54H,30-31,38-39H2,1-5H3;/q-2;. The molecule has 2 atom stereocenters. The van der Waals surface area contributed by atoms with E-state index in [0.29, 0.717) is 23.3 Å². The van der Waals surface area contributed by atoms with Gasteiger partial charge in [-0.2, -0.15) is 0 Å². The maximum absolute atomic E-state index is 6.80. The van der Waals surface area contributed by atoms with Crippen molar-refractivity contribution in [3.05, 3.63) is 203 Å². The summed E-state index contributed by atoms with van der Waals surface area (Å²) < 4.78 is 12.6. The number of imidazole rings is 1. The van der Waals surface area contributed by atoms with E-state index in [0.717, 1.165) is 69.3 Å². The average Bonchev–Trinajstić information content (AvgIpc) is 3.64. The van der Waals surface area contributed by atoms with Crippen molar-refractivity contribution in [2.24, 2.45) is 5.92 Å². The van der Waals surface area contributed by atoms with Gasteiger partial charge in [0.1, 0.15) is 0 Å². The number of rotatable bonds is 8. The summed E-state index contributed by atoms with van der Waals surface area (Å²) in [4.78, 5) is 9.95. The minimum atomic E-state index is -0.0696. The van der Waals surface area contributed by atoms with Gasteiger partial charge in [0.05, 0.1) is 0 Å². The van der Waals surface area contributed by atoms with Crippen molar-refractivity contribution in [2.75, 3.05) is 31.6 Å². The van der Waals surface area contributed by atoms with Gasteiger partial charge in [0.2, 0.25) is 0 Å². The quantitative estimate of drug-likeness (QED) is 0.142. The number of likely N-dealkylation sites (tertiary alicyclic amines) is 1. The van der Waals surface area contributed by atoms with E-state index in [9.17, 15) is 0 Å². The number of para-hydroxylation sites is 2. The van der Waals surface area contributed by atoms with E-state index in [1.54, 1.807) is 0 Å². The van der Waals surface area contributed by atoms with Gasteiger partial charge in [-0.3, -0.25) is 0 Å². The van der Waals surface area contributed by atoms with E-state index in [2.05, 4.69) is 243 Å². The first-order valence-electron chi connectivity index (χ1n) is 23.3. The summed E-state index contributed by atoms with van der Waals surface area (Å²) in [6.45, 7) is 12.1. The van der Waals surface area contributed by atoms with Gasteiger partial charge in [0, 0.05) is 11.8 Å². The minimum absolute atomic E-state index is 0.0696. The van der Waals surface area contributed by atoms with Crippen LogP contribution in [0.15, 0.2) is 170 Å². The maximum atomic E-state index is 6.80. The first kappa shape index (κ1) is 43.0. The van der Waals surface area contributed by atoms with Crippen molar-refractivity contribution in [2.45, 2.75) is 45.4 Å². The van der Waals surface area contributed by atoms with E-state index < -0.39 is 0 Å². The van der Waals surface area contributed by atoms with Gasteiger partial charge in [-0.25, -0.2) is 0 Å². The second-order valence-corrected chi connectivity index (χ2v) is 20.2. The Morgan fingerprint density at radius 3 is 1.87 bits per heavy atom. The van der Waals surface area contributed by atoms with Gasteiger partial charge < -0.3 is 4.90 Å². The zero-order valence-corrected chi connectivity index (χ0v) is 40.9. The van der Waals surface area contributed by atoms with Crippen LogP contribution < -0.4 is 9.64 Å². The second-order valence-electron chi connectivity index (χ2n) is 19.2. The number of ether oxygens (including phenoxy) is 1. The number of pyridine rings is 1. The van der Waals surface area contributed by atoms with Crippen LogP contribution in [0.5, 0.6) is 11.5 Å².